The van der Waals surface area contributed by atoms with Crippen molar-refractivity contribution in [3.8, 4) is 11.4 Å². The summed E-state index contributed by atoms with van der Waals surface area (Å²) >= 11 is 0. The molecule has 4 rings (SSSR count). The van der Waals surface area contributed by atoms with E-state index in [4.69, 9.17) is 5.73 Å². The van der Waals surface area contributed by atoms with Crippen LogP contribution in [0, 0.1) is 17.5 Å². The summed E-state index contributed by atoms with van der Waals surface area (Å²) in [4.78, 5) is 21.5. The highest BCUT2D eigenvalue weighted by molar-refractivity contribution is 5.58. The summed E-state index contributed by atoms with van der Waals surface area (Å²) in [5, 5.41) is 0. The zero-order valence-electron chi connectivity index (χ0n) is 14.8. The molecule has 3 N–H and O–H groups in total. The second-order valence-corrected chi connectivity index (χ2v) is 6.74. The van der Waals surface area contributed by atoms with Gasteiger partial charge in [-0.1, -0.05) is 0 Å². The van der Waals surface area contributed by atoms with Gasteiger partial charge < -0.3 is 10.7 Å². The molecule has 0 unspecified atom stereocenters. The van der Waals surface area contributed by atoms with Gasteiger partial charge in [-0.15, -0.1) is 0 Å². The zero-order chi connectivity index (χ0) is 19.8. The Balaban J connectivity index is 1.61. The van der Waals surface area contributed by atoms with E-state index in [9.17, 15) is 18.0 Å². The van der Waals surface area contributed by atoms with Crippen molar-refractivity contribution < 1.29 is 13.2 Å². The molecular weight excluding hydrogens is 369 g/mol. The minimum atomic E-state index is -1.20. The Kier molecular flexibility index (Phi) is 4.64. The van der Waals surface area contributed by atoms with E-state index in [0.29, 0.717) is 35.7 Å². The van der Waals surface area contributed by atoms with Crippen molar-refractivity contribution in [3.05, 3.63) is 81.0 Å². The number of H-pyrrole nitrogens is 1. The predicted molar refractivity (Wildman–Crippen MR) is 98.8 cm³/mol. The fourth-order valence-corrected chi connectivity index (χ4v) is 3.33. The molecule has 1 aliphatic rings. The number of rotatable bonds is 3. The minimum absolute atomic E-state index is 0.131. The summed E-state index contributed by atoms with van der Waals surface area (Å²) in [6.07, 6.45) is 0.444. The van der Waals surface area contributed by atoms with Gasteiger partial charge in [-0.3, -0.25) is 9.69 Å². The lowest BCUT2D eigenvalue weighted by molar-refractivity contribution is 0.233. The van der Waals surface area contributed by atoms with Gasteiger partial charge in [0.1, 0.15) is 11.6 Å². The molecule has 0 amide bonds. The highest BCUT2D eigenvalue weighted by atomic mass is 19.2. The van der Waals surface area contributed by atoms with Crippen molar-refractivity contribution in [1.82, 2.24) is 14.9 Å². The predicted octanol–water partition coefficient (Wildman–Crippen LogP) is 2.99. The molecule has 0 fully saturated rings. The molecule has 1 aliphatic heterocycles. The van der Waals surface area contributed by atoms with Crippen LogP contribution in [0.3, 0.4) is 0 Å². The minimum Gasteiger partial charge on any atom is -0.399 e. The standard InChI is InChI=1S/C20H17F3N4O/c21-15-5-6-16(22)18(23)13(15)9-27-8-7-17-14(10-27)20(28)26-19(25-17)11-1-3-12(24)4-2-11/h1-6H,7-10,24H2,(H,25,26,28). The van der Waals surface area contributed by atoms with E-state index >= 15 is 0 Å². The fraction of sp³-hybridized carbons (Fsp3) is 0.200. The Bertz CT molecular complexity index is 1100. The summed E-state index contributed by atoms with van der Waals surface area (Å²) < 4.78 is 41.3. The number of aromatic nitrogens is 2. The Labute approximate surface area is 158 Å². The lowest BCUT2D eigenvalue weighted by Crippen LogP contribution is -2.36. The number of aromatic amines is 1. The van der Waals surface area contributed by atoms with Crippen LogP contribution in [0.25, 0.3) is 11.4 Å². The van der Waals surface area contributed by atoms with Crippen molar-refractivity contribution in [1.29, 1.82) is 0 Å². The van der Waals surface area contributed by atoms with Crippen molar-refractivity contribution in [3.63, 3.8) is 0 Å². The maximum atomic E-state index is 13.9. The molecule has 5 nitrogen and oxygen atoms in total. The first-order valence-corrected chi connectivity index (χ1v) is 8.75. The molecule has 144 valence electrons. The van der Waals surface area contributed by atoms with Gasteiger partial charge in [0.05, 0.1) is 11.3 Å². The van der Waals surface area contributed by atoms with E-state index < -0.39 is 17.5 Å². The molecule has 0 atom stereocenters. The van der Waals surface area contributed by atoms with Crippen LogP contribution in [0.4, 0.5) is 18.9 Å². The van der Waals surface area contributed by atoms with Crippen LogP contribution >= 0.6 is 0 Å². The normalized spacial score (nSPS) is 14.1. The molecule has 0 radical (unpaired) electrons. The van der Waals surface area contributed by atoms with Crippen LogP contribution in [0.15, 0.2) is 41.2 Å². The molecule has 8 heteroatoms. The van der Waals surface area contributed by atoms with Gasteiger partial charge in [0, 0.05) is 42.9 Å². The zero-order valence-corrected chi connectivity index (χ0v) is 14.8. The maximum Gasteiger partial charge on any atom is 0.255 e. The van der Waals surface area contributed by atoms with E-state index in [1.807, 2.05) is 0 Å². The molecule has 2 heterocycles. The molecule has 0 saturated heterocycles. The SMILES string of the molecule is Nc1ccc(-c2nc3c(c(=O)[nH]2)CN(Cc2c(F)ccc(F)c2F)CC3)cc1. The molecular formula is C20H17F3N4O. The molecule has 28 heavy (non-hydrogen) atoms. The lowest BCUT2D eigenvalue weighted by Gasteiger charge is -2.28. The number of hydrogen-bond acceptors (Lipinski definition) is 4. The first-order valence-electron chi connectivity index (χ1n) is 8.75. The van der Waals surface area contributed by atoms with Crippen molar-refractivity contribution in [2.45, 2.75) is 19.5 Å². The Morgan fingerprint density at radius 2 is 1.79 bits per heavy atom. The molecule has 0 spiro atoms. The van der Waals surface area contributed by atoms with E-state index in [-0.39, 0.29) is 24.2 Å². The first kappa shape index (κ1) is 18.2. The van der Waals surface area contributed by atoms with Gasteiger partial charge in [-0.25, -0.2) is 18.2 Å². The van der Waals surface area contributed by atoms with Crippen molar-refractivity contribution in [2.24, 2.45) is 0 Å². The van der Waals surface area contributed by atoms with E-state index in [2.05, 4.69) is 9.97 Å². The average Bonchev–Trinajstić information content (AvgIpc) is 2.69. The highest BCUT2D eigenvalue weighted by Gasteiger charge is 2.24. The van der Waals surface area contributed by atoms with Gasteiger partial charge in [0.25, 0.3) is 5.56 Å². The Hall–Kier alpha value is -3.13. The average molecular weight is 386 g/mol. The van der Waals surface area contributed by atoms with Gasteiger partial charge in [0.2, 0.25) is 0 Å². The number of hydrogen-bond donors (Lipinski definition) is 2. The summed E-state index contributed by atoms with van der Waals surface area (Å²) in [5.74, 6) is -2.66. The van der Waals surface area contributed by atoms with Crippen molar-refractivity contribution in [2.75, 3.05) is 12.3 Å². The van der Waals surface area contributed by atoms with Crippen LogP contribution in [0.1, 0.15) is 16.8 Å². The van der Waals surface area contributed by atoms with E-state index in [0.717, 1.165) is 17.7 Å². The molecule has 1 aromatic heterocycles. The number of nitrogens with one attached hydrogen (secondary N) is 1. The second kappa shape index (κ2) is 7.12. The monoisotopic (exact) mass is 386 g/mol. The van der Waals surface area contributed by atoms with Gasteiger partial charge in [0.15, 0.2) is 11.6 Å². The third kappa shape index (κ3) is 3.38. The summed E-state index contributed by atoms with van der Waals surface area (Å²) in [7, 11) is 0. The van der Waals surface area contributed by atoms with E-state index in [1.165, 1.54) is 0 Å². The van der Waals surface area contributed by atoms with Crippen LogP contribution < -0.4 is 11.3 Å². The number of fused-ring (bicyclic) bond motifs is 1. The second-order valence-electron chi connectivity index (χ2n) is 6.74. The lowest BCUT2D eigenvalue weighted by atomic mass is 10.0. The molecule has 0 saturated carbocycles. The van der Waals surface area contributed by atoms with Crippen LogP contribution in [0.2, 0.25) is 0 Å². The Morgan fingerprint density at radius 1 is 1.07 bits per heavy atom. The Morgan fingerprint density at radius 3 is 2.54 bits per heavy atom. The summed E-state index contributed by atoms with van der Waals surface area (Å²) in [6.45, 7) is 0.489. The molecule has 0 aliphatic carbocycles. The van der Waals surface area contributed by atoms with E-state index in [1.54, 1.807) is 29.2 Å². The number of nitrogens with zero attached hydrogens (tertiary/aromatic N) is 2. The topological polar surface area (TPSA) is 75.0 Å². The summed E-state index contributed by atoms with van der Waals surface area (Å²) in [6, 6.07) is 8.64. The number of nitrogens with two attached hydrogens (primary N) is 1. The third-order valence-electron chi connectivity index (χ3n) is 4.85. The highest BCUT2D eigenvalue weighted by Crippen LogP contribution is 2.23. The molecule has 0 bridgehead atoms. The van der Waals surface area contributed by atoms with Gasteiger partial charge in [-0.2, -0.15) is 0 Å². The van der Waals surface area contributed by atoms with Crippen LogP contribution in [0.5, 0.6) is 0 Å². The number of nitrogen functional groups attached to an aromatic ring is 1. The smallest absolute Gasteiger partial charge is 0.255 e. The third-order valence-corrected chi connectivity index (χ3v) is 4.85. The first-order chi connectivity index (χ1) is 13.4. The quantitative estimate of drug-likeness (QED) is 0.536. The molecule has 3 aromatic rings. The number of benzene rings is 2. The summed E-state index contributed by atoms with van der Waals surface area (Å²) in [5.41, 5.74) is 7.47. The fourth-order valence-electron chi connectivity index (χ4n) is 3.33. The van der Waals surface area contributed by atoms with Gasteiger partial charge in [-0.05, 0) is 36.4 Å². The van der Waals surface area contributed by atoms with Gasteiger partial charge >= 0.3 is 0 Å². The molecule has 2 aromatic carbocycles. The number of anilines is 1. The largest absolute Gasteiger partial charge is 0.399 e. The number of halogens is 3. The van der Waals surface area contributed by atoms with Crippen LogP contribution in [-0.2, 0) is 19.5 Å². The maximum absolute atomic E-state index is 13.9. The van der Waals surface area contributed by atoms with Crippen LogP contribution in [-0.4, -0.2) is 21.4 Å². The van der Waals surface area contributed by atoms with Crippen molar-refractivity contribution >= 4 is 5.69 Å².